The Morgan fingerprint density at radius 3 is 2.87 bits per heavy atom. The number of benzene rings is 1. The third-order valence-electron chi connectivity index (χ3n) is 3.56. The lowest BCUT2D eigenvalue weighted by atomic mass is 10.1. The van der Waals surface area contributed by atoms with Gasteiger partial charge in [-0.3, -0.25) is 4.79 Å². The minimum atomic E-state index is -0.820. The second-order valence-corrected chi connectivity index (χ2v) is 6.22. The first-order chi connectivity index (χ1) is 11.0. The van der Waals surface area contributed by atoms with Crippen LogP contribution in [0.5, 0.6) is 5.75 Å². The summed E-state index contributed by atoms with van der Waals surface area (Å²) < 4.78 is 6.85. The van der Waals surface area contributed by atoms with E-state index < -0.39 is 5.97 Å². The summed E-state index contributed by atoms with van der Waals surface area (Å²) in [5, 5.41) is 11.8. The fourth-order valence-corrected chi connectivity index (χ4v) is 3.35. The van der Waals surface area contributed by atoms with Gasteiger partial charge in [-0.05, 0) is 48.4 Å². The van der Waals surface area contributed by atoms with Crippen molar-refractivity contribution in [3.63, 3.8) is 0 Å². The molecule has 0 fully saturated rings. The number of carboxylic acid groups (broad SMARTS) is 1. The van der Waals surface area contributed by atoms with Gasteiger partial charge in [0.25, 0.3) is 0 Å². The molecular formula is C17H16N2O3S. The first kappa shape index (κ1) is 15.4. The number of hydrogen-bond acceptors (Lipinski definition) is 5. The van der Waals surface area contributed by atoms with Crippen LogP contribution in [-0.4, -0.2) is 21.0 Å². The van der Waals surface area contributed by atoms with E-state index in [1.54, 1.807) is 6.20 Å². The number of hydrogen-bond donors (Lipinski definition) is 1. The number of nitrogens with zero attached hydrogens (tertiary/aromatic N) is 2. The van der Waals surface area contributed by atoms with Crippen LogP contribution in [0.15, 0.2) is 29.8 Å². The lowest BCUT2D eigenvalue weighted by molar-refractivity contribution is -0.136. The standard InChI is InChI=1S/C17H16N2O3S/c1-10-13(7-18-11(2)19-10)8-22-14-3-4-15-12(5-17(20)21)9-23-16(15)6-14/h3-4,6-7,9H,5,8H2,1-2H3,(H,20,21). The van der Waals surface area contributed by atoms with Crippen molar-refractivity contribution in [2.75, 3.05) is 0 Å². The van der Waals surface area contributed by atoms with Gasteiger partial charge >= 0.3 is 5.97 Å². The normalized spacial score (nSPS) is 10.9. The summed E-state index contributed by atoms with van der Waals surface area (Å²) in [7, 11) is 0. The molecule has 5 nitrogen and oxygen atoms in total. The first-order valence-electron chi connectivity index (χ1n) is 7.17. The van der Waals surface area contributed by atoms with Crippen LogP contribution in [0.25, 0.3) is 10.1 Å². The third-order valence-corrected chi connectivity index (χ3v) is 4.56. The van der Waals surface area contributed by atoms with E-state index in [1.807, 2.05) is 37.4 Å². The Morgan fingerprint density at radius 2 is 2.13 bits per heavy atom. The van der Waals surface area contributed by atoms with E-state index in [2.05, 4.69) is 9.97 Å². The number of aromatic nitrogens is 2. The molecule has 0 aliphatic rings. The fraction of sp³-hybridized carbons (Fsp3) is 0.235. The van der Waals surface area contributed by atoms with E-state index in [-0.39, 0.29) is 6.42 Å². The van der Waals surface area contributed by atoms with E-state index in [4.69, 9.17) is 9.84 Å². The van der Waals surface area contributed by atoms with Gasteiger partial charge in [-0.2, -0.15) is 0 Å². The number of fused-ring (bicyclic) bond motifs is 1. The van der Waals surface area contributed by atoms with Crippen molar-refractivity contribution in [2.24, 2.45) is 0 Å². The van der Waals surface area contributed by atoms with Crippen LogP contribution >= 0.6 is 11.3 Å². The predicted molar refractivity (Wildman–Crippen MR) is 89.0 cm³/mol. The van der Waals surface area contributed by atoms with Gasteiger partial charge in [-0.1, -0.05) is 0 Å². The number of thiophene rings is 1. The van der Waals surface area contributed by atoms with Crippen molar-refractivity contribution in [1.29, 1.82) is 0 Å². The highest BCUT2D eigenvalue weighted by Gasteiger charge is 2.09. The topological polar surface area (TPSA) is 72.3 Å². The van der Waals surface area contributed by atoms with E-state index in [0.29, 0.717) is 6.61 Å². The first-order valence-corrected chi connectivity index (χ1v) is 8.05. The number of rotatable bonds is 5. The molecule has 1 N–H and O–H groups in total. The van der Waals surface area contributed by atoms with Crippen molar-refractivity contribution in [2.45, 2.75) is 26.9 Å². The van der Waals surface area contributed by atoms with E-state index in [1.165, 1.54) is 11.3 Å². The summed E-state index contributed by atoms with van der Waals surface area (Å²) in [6, 6.07) is 5.72. The molecule has 1 aromatic carbocycles. The molecule has 0 saturated carbocycles. The number of aryl methyl sites for hydroxylation is 2. The quantitative estimate of drug-likeness (QED) is 0.776. The van der Waals surface area contributed by atoms with E-state index >= 15 is 0 Å². The molecule has 2 aromatic heterocycles. The van der Waals surface area contributed by atoms with Crippen molar-refractivity contribution in [3.05, 3.63) is 52.4 Å². The summed E-state index contributed by atoms with van der Waals surface area (Å²) in [5.74, 6) is 0.679. The maximum absolute atomic E-state index is 10.9. The van der Waals surface area contributed by atoms with Crippen LogP contribution in [0.2, 0.25) is 0 Å². The predicted octanol–water partition coefficient (Wildman–Crippen LogP) is 3.51. The molecule has 0 unspecified atom stereocenters. The average Bonchev–Trinajstić information content (AvgIpc) is 2.88. The molecule has 6 heteroatoms. The average molecular weight is 328 g/mol. The molecule has 3 rings (SSSR count). The van der Waals surface area contributed by atoms with E-state index in [9.17, 15) is 4.79 Å². The zero-order valence-corrected chi connectivity index (χ0v) is 13.7. The van der Waals surface area contributed by atoms with Crippen LogP contribution < -0.4 is 4.74 Å². The van der Waals surface area contributed by atoms with Crippen molar-refractivity contribution in [1.82, 2.24) is 9.97 Å². The summed E-state index contributed by atoms with van der Waals surface area (Å²) in [6.07, 6.45) is 1.83. The molecule has 2 heterocycles. The minimum Gasteiger partial charge on any atom is -0.489 e. The lowest BCUT2D eigenvalue weighted by Gasteiger charge is -2.08. The van der Waals surface area contributed by atoms with E-state index in [0.717, 1.165) is 38.5 Å². The Labute approximate surface area is 137 Å². The summed E-state index contributed by atoms with van der Waals surface area (Å²) in [4.78, 5) is 19.4. The second kappa shape index (κ2) is 6.34. The molecule has 118 valence electrons. The largest absolute Gasteiger partial charge is 0.489 e. The maximum Gasteiger partial charge on any atom is 0.307 e. The Kier molecular flexibility index (Phi) is 4.25. The van der Waals surface area contributed by atoms with Gasteiger partial charge in [-0.15, -0.1) is 11.3 Å². The van der Waals surface area contributed by atoms with Gasteiger partial charge in [0.2, 0.25) is 0 Å². The van der Waals surface area contributed by atoms with Gasteiger partial charge in [0.1, 0.15) is 18.2 Å². The van der Waals surface area contributed by atoms with Gasteiger partial charge in [0.15, 0.2) is 0 Å². The Balaban J connectivity index is 1.77. The molecule has 0 aliphatic heterocycles. The molecule has 0 radical (unpaired) electrons. The number of carbonyl (C=O) groups is 1. The van der Waals surface area contributed by atoms with Gasteiger partial charge in [0, 0.05) is 22.2 Å². The van der Waals surface area contributed by atoms with Crippen LogP contribution in [0.1, 0.15) is 22.6 Å². The molecular weight excluding hydrogens is 312 g/mol. The third kappa shape index (κ3) is 3.48. The zero-order chi connectivity index (χ0) is 16.4. The molecule has 0 saturated heterocycles. The second-order valence-electron chi connectivity index (χ2n) is 5.31. The number of aliphatic carboxylic acids is 1. The molecule has 0 bridgehead atoms. The highest BCUT2D eigenvalue weighted by molar-refractivity contribution is 7.17. The fourth-order valence-electron chi connectivity index (χ4n) is 2.36. The molecule has 0 amide bonds. The highest BCUT2D eigenvalue weighted by Crippen LogP contribution is 2.30. The summed E-state index contributed by atoms with van der Waals surface area (Å²) in [5.41, 5.74) is 2.71. The van der Waals surface area contributed by atoms with Gasteiger partial charge in [-0.25, -0.2) is 9.97 Å². The summed E-state index contributed by atoms with van der Waals surface area (Å²) in [6.45, 7) is 4.20. The maximum atomic E-state index is 10.9. The molecule has 0 aliphatic carbocycles. The lowest BCUT2D eigenvalue weighted by Crippen LogP contribution is -2.02. The molecule has 23 heavy (non-hydrogen) atoms. The van der Waals surface area contributed by atoms with Crippen molar-refractivity contribution < 1.29 is 14.6 Å². The number of carboxylic acids is 1. The Morgan fingerprint density at radius 1 is 1.30 bits per heavy atom. The minimum absolute atomic E-state index is 0.0418. The Bertz CT molecular complexity index is 873. The van der Waals surface area contributed by atoms with Crippen LogP contribution in [0.3, 0.4) is 0 Å². The van der Waals surface area contributed by atoms with Crippen LogP contribution in [0, 0.1) is 13.8 Å². The highest BCUT2D eigenvalue weighted by atomic mass is 32.1. The molecule has 0 atom stereocenters. The molecule has 0 spiro atoms. The van der Waals surface area contributed by atoms with Crippen molar-refractivity contribution >= 4 is 27.4 Å². The van der Waals surface area contributed by atoms with Crippen LogP contribution in [0.4, 0.5) is 0 Å². The van der Waals surface area contributed by atoms with Crippen LogP contribution in [-0.2, 0) is 17.8 Å². The van der Waals surface area contributed by atoms with Gasteiger partial charge in [0.05, 0.1) is 6.42 Å². The monoisotopic (exact) mass is 328 g/mol. The molecule has 3 aromatic rings. The Hall–Kier alpha value is -2.47. The smallest absolute Gasteiger partial charge is 0.307 e. The van der Waals surface area contributed by atoms with Gasteiger partial charge < -0.3 is 9.84 Å². The summed E-state index contributed by atoms with van der Waals surface area (Å²) >= 11 is 1.53. The SMILES string of the molecule is Cc1ncc(COc2ccc3c(CC(=O)O)csc3c2)c(C)n1. The van der Waals surface area contributed by atoms with Crippen molar-refractivity contribution in [3.8, 4) is 5.75 Å². The number of ether oxygens (including phenoxy) is 1. The zero-order valence-electron chi connectivity index (χ0n) is 12.9.